The first-order valence-corrected chi connectivity index (χ1v) is 7.20. The molecule has 2 N–H and O–H groups in total. The van der Waals surface area contributed by atoms with Crippen LogP contribution in [-0.4, -0.2) is 30.4 Å². The topological polar surface area (TPSA) is 76.0 Å². The van der Waals surface area contributed by atoms with Gasteiger partial charge in [0.2, 0.25) is 0 Å². The number of aliphatic carboxylic acids is 1. The zero-order valence-electron chi connectivity index (χ0n) is 13.4. The van der Waals surface area contributed by atoms with Crippen LogP contribution < -0.4 is 9.47 Å². The minimum absolute atomic E-state index is 0.0218. The maximum absolute atomic E-state index is 11.7. The van der Waals surface area contributed by atoms with Crippen molar-refractivity contribution >= 4 is 5.97 Å². The first kappa shape index (κ1) is 16.7. The summed E-state index contributed by atoms with van der Waals surface area (Å²) in [5, 5.41) is 19.7. The van der Waals surface area contributed by atoms with Gasteiger partial charge < -0.3 is 19.7 Å². The number of phenols is 1. The van der Waals surface area contributed by atoms with Crippen molar-refractivity contribution in [3.05, 3.63) is 53.1 Å². The molecule has 0 heterocycles. The van der Waals surface area contributed by atoms with Crippen LogP contribution in [0, 0.1) is 6.92 Å². The van der Waals surface area contributed by atoms with Crippen molar-refractivity contribution < 1.29 is 24.5 Å². The van der Waals surface area contributed by atoms with Crippen LogP contribution in [0.3, 0.4) is 0 Å². The fourth-order valence-electron chi connectivity index (χ4n) is 2.58. The number of methoxy groups -OCH3 is 2. The molecule has 0 saturated carbocycles. The quantitative estimate of drug-likeness (QED) is 0.856. The number of phenolic OH excluding ortho intramolecular Hbond substituents is 1. The molecule has 0 aliphatic rings. The van der Waals surface area contributed by atoms with Crippen LogP contribution in [0.1, 0.15) is 22.6 Å². The van der Waals surface area contributed by atoms with E-state index in [1.54, 1.807) is 43.5 Å². The Hall–Kier alpha value is -2.69. The van der Waals surface area contributed by atoms with E-state index in [1.165, 1.54) is 7.11 Å². The molecule has 0 aliphatic heterocycles. The Balaban J connectivity index is 2.37. The largest absolute Gasteiger partial charge is 0.504 e. The van der Waals surface area contributed by atoms with Gasteiger partial charge in [-0.05, 0) is 42.2 Å². The SMILES string of the molecule is COc1ccc(C(Cc2cccc(OC)c2O)C(=O)O)cc1C. The molecule has 0 amide bonds. The molecule has 0 aliphatic carbocycles. The summed E-state index contributed by atoms with van der Waals surface area (Å²) in [5.41, 5.74) is 2.06. The van der Waals surface area contributed by atoms with Gasteiger partial charge in [-0.1, -0.05) is 24.3 Å². The number of ether oxygens (including phenoxy) is 2. The third-order valence-electron chi connectivity index (χ3n) is 3.85. The summed E-state index contributed by atoms with van der Waals surface area (Å²) in [4.78, 5) is 11.7. The molecule has 2 rings (SSSR count). The van der Waals surface area contributed by atoms with Gasteiger partial charge in [0, 0.05) is 0 Å². The summed E-state index contributed by atoms with van der Waals surface area (Å²) in [7, 11) is 3.03. The molecule has 2 aromatic carbocycles. The minimum atomic E-state index is -0.947. The first-order chi connectivity index (χ1) is 11.0. The molecule has 0 radical (unpaired) electrons. The van der Waals surface area contributed by atoms with Gasteiger partial charge in [-0.25, -0.2) is 0 Å². The van der Waals surface area contributed by atoms with Crippen molar-refractivity contribution in [2.24, 2.45) is 0 Å². The van der Waals surface area contributed by atoms with E-state index in [0.29, 0.717) is 22.6 Å². The number of carboxylic acid groups (broad SMARTS) is 1. The number of rotatable bonds is 6. The second-order valence-electron chi connectivity index (χ2n) is 5.29. The van der Waals surface area contributed by atoms with Gasteiger partial charge in [0.15, 0.2) is 11.5 Å². The Kier molecular flexibility index (Phi) is 5.11. The van der Waals surface area contributed by atoms with Gasteiger partial charge in [-0.2, -0.15) is 0 Å². The Morgan fingerprint density at radius 3 is 2.39 bits per heavy atom. The zero-order chi connectivity index (χ0) is 17.0. The molecule has 122 valence electrons. The monoisotopic (exact) mass is 316 g/mol. The van der Waals surface area contributed by atoms with Crippen LogP contribution in [0.25, 0.3) is 0 Å². The van der Waals surface area contributed by atoms with Gasteiger partial charge in [-0.15, -0.1) is 0 Å². The van der Waals surface area contributed by atoms with Gasteiger partial charge >= 0.3 is 5.97 Å². The van der Waals surface area contributed by atoms with Crippen molar-refractivity contribution in [3.63, 3.8) is 0 Å². The maximum atomic E-state index is 11.7. The summed E-state index contributed by atoms with van der Waals surface area (Å²) in [6, 6.07) is 10.4. The molecule has 2 aromatic rings. The number of hydrogen-bond acceptors (Lipinski definition) is 4. The molecule has 1 unspecified atom stereocenters. The maximum Gasteiger partial charge on any atom is 0.311 e. The predicted octanol–water partition coefficient (Wildman–Crippen LogP) is 3.13. The highest BCUT2D eigenvalue weighted by molar-refractivity contribution is 5.77. The third-order valence-corrected chi connectivity index (χ3v) is 3.85. The summed E-state index contributed by atoms with van der Waals surface area (Å²) in [5.74, 6) is -0.694. The van der Waals surface area contributed by atoms with Crippen molar-refractivity contribution in [1.29, 1.82) is 0 Å². The fraction of sp³-hybridized carbons (Fsp3) is 0.278. The van der Waals surface area contributed by atoms with E-state index in [4.69, 9.17) is 9.47 Å². The number of aromatic hydroxyl groups is 1. The first-order valence-electron chi connectivity index (χ1n) is 7.20. The molecule has 5 nitrogen and oxygen atoms in total. The molecule has 0 saturated heterocycles. The summed E-state index contributed by atoms with van der Waals surface area (Å²) in [6.45, 7) is 1.87. The van der Waals surface area contributed by atoms with Crippen molar-refractivity contribution in [1.82, 2.24) is 0 Å². The van der Waals surface area contributed by atoms with Crippen LogP contribution in [-0.2, 0) is 11.2 Å². The van der Waals surface area contributed by atoms with Gasteiger partial charge in [0.05, 0.1) is 20.1 Å². The fourth-order valence-corrected chi connectivity index (χ4v) is 2.58. The van der Waals surface area contributed by atoms with E-state index >= 15 is 0 Å². The van der Waals surface area contributed by atoms with E-state index in [1.807, 2.05) is 6.92 Å². The smallest absolute Gasteiger partial charge is 0.311 e. The number of aryl methyl sites for hydroxylation is 1. The van der Waals surface area contributed by atoms with Crippen molar-refractivity contribution in [2.45, 2.75) is 19.3 Å². The molecule has 5 heteroatoms. The number of carbonyl (C=O) groups is 1. The average Bonchev–Trinajstić information content (AvgIpc) is 2.53. The number of benzene rings is 2. The van der Waals surface area contributed by atoms with Gasteiger partial charge in [0.25, 0.3) is 0 Å². The van der Waals surface area contributed by atoms with Gasteiger partial charge in [-0.3, -0.25) is 4.79 Å². The standard InChI is InChI=1S/C18H20O5/c1-11-9-12(7-8-15(11)22-2)14(18(20)21)10-13-5-4-6-16(23-3)17(13)19/h4-9,14,19H,10H2,1-3H3,(H,20,21). The summed E-state index contributed by atoms with van der Waals surface area (Å²) in [6.07, 6.45) is 0.171. The molecular weight excluding hydrogens is 296 g/mol. The summed E-state index contributed by atoms with van der Waals surface area (Å²) >= 11 is 0. The van der Waals surface area contributed by atoms with Crippen molar-refractivity contribution in [3.8, 4) is 17.2 Å². The lowest BCUT2D eigenvalue weighted by Crippen LogP contribution is -2.15. The van der Waals surface area contributed by atoms with E-state index in [2.05, 4.69) is 0 Å². The zero-order valence-corrected chi connectivity index (χ0v) is 13.4. The van der Waals surface area contributed by atoms with E-state index in [-0.39, 0.29) is 12.2 Å². The number of para-hydroxylation sites is 1. The van der Waals surface area contributed by atoms with Crippen LogP contribution >= 0.6 is 0 Å². The molecule has 0 spiro atoms. The van der Waals surface area contributed by atoms with E-state index < -0.39 is 11.9 Å². The second-order valence-corrected chi connectivity index (χ2v) is 5.29. The Morgan fingerprint density at radius 2 is 1.83 bits per heavy atom. The highest BCUT2D eigenvalue weighted by Crippen LogP contribution is 2.34. The van der Waals surface area contributed by atoms with E-state index in [9.17, 15) is 15.0 Å². The van der Waals surface area contributed by atoms with Gasteiger partial charge in [0.1, 0.15) is 5.75 Å². The Morgan fingerprint density at radius 1 is 1.13 bits per heavy atom. The molecule has 1 atom stereocenters. The predicted molar refractivity (Wildman–Crippen MR) is 86.5 cm³/mol. The molecule has 0 fully saturated rings. The molecular formula is C18H20O5. The normalized spacial score (nSPS) is 11.8. The number of hydrogen-bond donors (Lipinski definition) is 2. The Labute approximate surface area is 135 Å². The number of carboxylic acids is 1. The van der Waals surface area contributed by atoms with Crippen LogP contribution in [0.5, 0.6) is 17.2 Å². The lowest BCUT2D eigenvalue weighted by Gasteiger charge is -2.16. The van der Waals surface area contributed by atoms with Crippen molar-refractivity contribution in [2.75, 3.05) is 14.2 Å². The molecule has 23 heavy (non-hydrogen) atoms. The molecule has 0 bridgehead atoms. The molecule has 0 aromatic heterocycles. The lowest BCUT2D eigenvalue weighted by atomic mass is 9.90. The Bertz CT molecular complexity index is 709. The second kappa shape index (κ2) is 7.05. The van der Waals surface area contributed by atoms with Crippen LogP contribution in [0.15, 0.2) is 36.4 Å². The lowest BCUT2D eigenvalue weighted by molar-refractivity contribution is -0.138. The van der Waals surface area contributed by atoms with Crippen LogP contribution in [0.2, 0.25) is 0 Å². The minimum Gasteiger partial charge on any atom is -0.504 e. The summed E-state index contributed by atoms with van der Waals surface area (Å²) < 4.78 is 10.3. The highest BCUT2D eigenvalue weighted by Gasteiger charge is 2.23. The average molecular weight is 316 g/mol. The highest BCUT2D eigenvalue weighted by atomic mass is 16.5. The third kappa shape index (κ3) is 3.56. The van der Waals surface area contributed by atoms with E-state index in [0.717, 1.165) is 5.56 Å². The van der Waals surface area contributed by atoms with Crippen LogP contribution in [0.4, 0.5) is 0 Å².